The Hall–Kier alpha value is -3.36. The van der Waals surface area contributed by atoms with Gasteiger partial charge in [-0.05, 0) is 43.7 Å². The Labute approximate surface area is 188 Å². The first-order valence-electron chi connectivity index (χ1n) is 9.92. The molecule has 0 saturated carbocycles. The van der Waals surface area contributed by atoms with Crippen LogP contribution in [0.3, 0.4) is 0 Å². The predicted molar refractivity (Wildman–Crippen MR) is 114 cm³/mol. The second kappa shape index (κ2) is 12.0. The van der Waals surface area contributed by atoms with Crippen molar-refractivity contribution in [3.8, 4) is 0 Å². The van der Waals surface area contributed by atoms with Crippen LogP contribution in [0.4, 0.5) is 17.6 Å². The molecule has 0 radical (unpaired) electrons. The molecule has 3 aromatic rings. The van der Waals surface area contributed by atoms with Crippen LogP contribution in [-0.4, -0.2) is 28.9 Å². The fourth-order valence-corrected chi connectivity index (χ4v) is 2.69. The van der Waals surface area contributed by atoms with E-state index in [-0.39, 0.29) is 17.7 Å². The molecule has 174 valence electrons. The summed E-state index contributed by atoms with van der Waals surface area (Å²) in [4.78, 5) is 23.1. The molecule has 0 bridgehead atoms. The molecule has 1 N–H and O–H groups in total. The van der Waals surface area contributed by atoms with Gasteiger partial charge in [0.2, 0.25) is 0 Å². The number of benzene rings is 3. The number of rotatable bonds is 7. The molecule has 0 spiro atoms. The Morgan fingerprint density at radius 1 is 0.788 bits per heavy atom. The molecule has 0 heterocycles. The molecule has 33 heavy (non-hydrogen) atoms. The quantitative estimate of drug-likeness (QED) is 0.383. The minimum atomic E-state index is -1.28. The molecular formula is C25H22F4O4. The number of aliphatic hydroxyl groups excluding tert-OH is 1. The molecule has 8 heteroatoms. The normalized spacial score (nSPS) is 12.3. The summed E-state index contributed by atoms with van der Waals surface area (Å²) in [7, 11) is 0. The number of ether oxygens (including phenoxy) is 1. The number of halogens is 4. The van der Waals surface area contributed by atoms with Crippen LogP contribution in [0.2, 0.25) is 0 Å². The fraction of sp³-hybridized carbons (Fsp3) is 0.200. The first-order valence-corrected chi connectivity index (χ1v) is 9.92. The highest BCUT2D eigenvalue weighted by atomic mass is 19.1. The maximum absolute atomic E-state index is 13.5. The number of ketones is 2. The molecule has 0 fully saturated rings. The van der Waals surface area contributed by atoms with Crippen LogP contribution in [0.1, 0.15) is 40.1 Å². The molecular weight excluding hydrogens is 440 g/mol. The summed E-state index contributed by atoms with van der Waals surface area (Å²) in [6.45, 7) is 3.04. The van der Waals surface area contributed by atoms with Crippen LogP contribution in [0.25, 0.3) is 0 Å². The fourth-order valence-electron chi connectivity index (χ4n) is 2.69. The van der Waals surface area contributed by atoms with Gasteiger partial charge in [0.25, 0.3) is 0 Å². The van der Waals surface area contributed by atoms with Crippen LogP contribution >= 0.6 is 0 Å². The largest absolute Gasteiger partial charge is 0.385 e. The van der Waals surface area contributed by atoms with Gasteiger partial charge in [0.1, 0.15) is 35.5 Å². The van der Waals surface area contributed by atoms with Crippen molar-refractivity contribution in [3.05, 3.63) is 107 Å². The van der Waals surface area contributed by atoms with E-state index >= 15 is 0 Å². The second-order valence-electron chi connectivity index (χ2n) is 7.09. The number of hydrogen-bond acceptors (Lipinski definition) is 4. The highest BCUT2D eigenvalue weighted by Gasteiger charge is 2.20. The standard InChI is InChI=1S/C16H14F2O2.C9H8F2O2/c1-11(20-10-12-5-3-2-4-6-12)16(19)14-8-7-13(17)9-15(14)18;1-5(12)9(13)7-3-2-6(10)4-8(7)11/h2-9,11H,10H2,1H3;2-5,12H,1H3/t;5-/m.1/s1. The van der Waals surface area contributed by atoms with Gasteiger partial charge >= 0.3 is 0 Å². The van der Waals surface area contributed by atoms with Gasteiger partial charge in [-0.2, -0.15) is 0 Å². The zero-order valence-electron chi connectivity index (χ0n) is 17.9. The van der Waals surface area contributed by atoms with Crippen LogP contribution in [0.5, 0.6) is 0 Å². The van der Waals surface area contributed by atoms with Gasteiger partial charge in [0.05, 0.1) is 17.7 Å². The summed E-state index contributed by atoms with van der Waals surface area (Å²) in [6.07, 6.45) is -2.07. The molecule has 2 atom stereocenters. The zero-order chi connectivity index (χ0) is 24.5. The van der Waals surface area contributed by atoms with Crippen molar-refractivity contribution < 1.29 is 37.0 Å². The van der Waals surface area contributed by atoms with Gasteiger partial charge in [-0.1, -0.05) is 30.3 Å². The Morgan fingerprint density at radius 2 is 1.27 bits per heavy atom. The highest BCUT2D eigenvalue weighted by molar-refractivity contribution is 5.99. The Kier molecular flexibility index (Phi) is 9.44. The Balaban J connectivity index is 0.000000257. The number of carbonyl (C=O) groups excluding carboxylic acids is 2. The molecule has 0 aliphatic carbocycles. The molecule has 3 aromatic carbocycles. The smallest absolute Gasteiger partial charge is 0.194 e. The number of carbonyl (C=O) groups is 2. The lowest BCUT2D eigenvalue weighted by molar-refractivity contribution is 0.0408. The first kappa shape index (κ1) is 25.9. The lowest BCUT2D eigenvalue weighted by atomic mass is 10.1. The topological polar surface area (TPSA) is 63.6 Å². The summed E-state index contributed by atoms with van der Waals surface area (Å²) in [5, 5.41) is 8.86. The van der Waals surface area contributed by atoms with E-state index in [1.165, 1.54) is 6.92 Å². The van der Waals surface area contributed by atoms with Crippen molar-refractivity contribution in [3.63, 3.8) is 0 Å². The summed E-state index contributed by atoms with van der Waals surface area (Å²) < 4.78 is 57.0. The first-order chi connectivity index (χ1) is 15.6. The SMILES string of the molecule is CC(OCc1ccccc1)C(=O)c1ccc(F)cc1F.C[C@@H](O)C(=O)c1ccc(F)cc1F. The molecule has 4 nitrogen and oxygen atoms in total. The summed E-state index contributed by atoms with van der Waals surface area (Å²) in [6, 6.07) is 14.8. The van der Waals surface area contributed by atoms with Crippen LogP contribution in [0.15, 0.2) is 66.7 Å². The average molecular weight is 462 g/mol. The van der Waals surface area contributed by atoms with E-state index in [4.69, 9.17) is 9.84 Å². The van der Waals surface area contributed by atoms with Gasteiger partial charge in [-0.25, -0.2) is 17.6 Å². The van der Waals surface area contributed by atoms with E-state index in [9.17, 15) is 27.2 Å². The molecule has 0 saturated heterocycles. The third-order valence-electron chi connectivity index (χ3n) is 4.48. The maximum Gasteiger partial charge on any atom is 0.194 e. The van der Waals surface area contributed by atoms with Crippen molar-refractivity contribution in [2.24, 2.45) is 0 Å². The maximum atomic E-state index is 13.5. The van der Waals surface area contributed by atoms with Gasteiger partial charge in [-0.15, -0.1) is 0 Å². The van der Waals surface area contributed by atoms with Gasteiger partial charge in [0.15, 0.2) is 11.6 Å². The number of hydrogen-bond donors (Lipinski definition) is 1. The van der Waals surface area contributed by atoms with Crippen molar-refractivity contribution in [2.45, 2.75) is 32.7 Å². The molecule has 0 amide bonds. The molecule has 1 unspecified atom stereocenters. The lowest BCUT2D eigenvalue weighted by Crippen LogP contribution is -2.22. The Bertz CT molecular complexity index is 1100. The monoisotopic (exact) mass is 462 g/mol. The molecule has 0 aliphatic heterocycles. The zero-order valence-corrected chi connectivity index (χ0v) is 17.9. The summed E-state index contributed by atoms with van der Waals surface area (Å²) in [5.74, 6) is -4.54. The van der Waals surface area contributed by atoms with Crippen LogP contribution in [0, 0.1) is 23.3 Å². The predicted octanol–water partition coefficient (Wildman–Crippen LogP) is 5.28. The van der Waals surface area contributed by atoms with E-state index in [1.54, 1.807) is 6.92 Å². The van der Waals surface area contributed by atoms with E-state index in [1.807, 2.05) is 30.3 Å². The number of aliphatic hydroxyl groups is 1. The second-order valence-corrected chi connectivity index (χ2v) is 7.09. The highest BCUT2D eigenvalue weighted by Crippen LogP contribution is 2.14. The van der Waals surface area contributed by atoms with E-state index in [2.05, 4.69) is 0 Å². The van der Waals surface area contributed by atoms with Crippen molar-refractivity contribution in [1.29, 1.82) is 0 Å². The van der Waals surface area contributed by atoms with Gasteiger partial charge in [-0.3, -0.25) is 9.59 Å². The van der Waals surface area contributed by atoms with Crippen LogP contribution in [-0.2, 0) is 11.3 Å². The lowest BCUT2D eigenvalue weighted by Gasteiger charge is -2.12. The van der Waals surface area contributed by atoms with Crippen molar-refractivity contribution in [2.75, 3.05) is 0 Å². The Morgan fingerprint density at radius 3 is 1.73 bits per heavy atom. The third-order valence-corrected chi connectivity index (χ3v) is 4.48. The van der Waals surface area contributed by atoms with E-state index in [0.29, 0.717) is 12.1 Å². The van der Waals surface area contributed by atoms with E-state index in [0.717, 1.165) is 29.8 Å². The number of Topliss-reactive ketones (excluding diaryl/α,β-unsaturated/α-hetero) is 2. The van der Waals surface area contributed by atoms with Crippen LogP contribution < -0.4 is 0 Å². The van der Waals surface area contributed by atoms with Crippen molar-refractivity contribution in [1.82, 2.24) is 0 Å². The third kappa shape index (κ3) is 7.62. The van der Waals surface area contributed by atoms with Crippen molar-refractivity contribution >= 4 is 11.6 Å². The van der Waals surface area contributed by atoms with Gasteiger partial charge < -0.3 is 9.84 Å². The molecule has 0 aromatic heterocycles. The minimum absolute atomic E-state index is 0.160. The molecule has 0 aliphatic rings. The minimum Gasteiger partial charge on any atom is -0.385 e. The average Bonchev–Trinajstić information content (AvgIpc) is 2.77. The van der Waals surface area contributed by atoms with E-state index < -0.39 is 47.0 Å². The summed E-state index contributed by atoms with van der Waals surface area (Å²) >= 11 is 0. The summed E-state index contributed by atoms with van der Waals surface area (Å²) in [5.41, 5.74) is 0.468. The molecule has 3 rings (SSSR count). The van der Waals surface area contributed by atoms with Gasteiger partial charge in [0, 0.05) is 12.1 Å².